The van der Waals surface area contributed by atoms with Crippen LogP contribution in [0.15, 0.2) is 86.2 Å². The van der Waals surface area contributed by atoms with Crippen LogP contribution < -0.4 is 19.6 Å². The van der Waals surface area contributed by atoms with Gasteiger partial charge in [0.15, 0.2) is 4.80 Å². The number of thiazole rings is 1. The van der Waals surface area contributed by atoms with Gasteiger partial charge in [-0.3, -0.25) is 9.36 Å². The number of hydrogen-bond acceptors (Lipinski definition) is 6. The number of esters is 1. The minimum Gasteiger partial charge on any atom is -0.487 e. The summed E-state index contributed by atoms with van der Waals surface area (Å²) in [6, 6.07) is 19.4. The Balaban J connectivity index is 1.55. The Morgan fingerprint density at radius 3 is 2.54 bits per heavy atom. The van der Waals surface area contributed by atoms with E-state index in [9.17, 15) is 9.59 Å². The van der Waals surface area contributed by atoms with Gasteiger partial charge in [0.05, 0.1) is 36.5 Å². The first-order valence-electron chi connectivity index (χ1n) is 13.1. The predicted molar refractivity (Wildman–Crippen MR) is 174 cm³/mol. The number of aryl methyl sites for hydroxylation is 2. The summed E-state index contributed by atoms with van der Waals surface area (Å²) in [5.41, 5.74) is 5.77. The van der Waals surface area contributed by atoms with Gasteiger partial charge in [-0.1, -0.05) is 71.0 Å². The van der Waals surface area contributed by atoms with Gasteiger partial charge in [-0.25, -0.2) is 9.79 Å². The fourth-order valence-electron chi connectivity index (χ4n) is 4.77. The highest BCUT2D eigenvalue weighted by atomic mass is 127. The van der Waals surface area contributed by atoms with Gasteiger partial charge in [0.1, 0.15) is 12.4 Å². The first kappa shape index (κ1) is 29.5. The molecule has 0 bridgehead atoms. The zero-order valence-corrected chi connectivity index (χ0v) is 27.6. The molecule has 6 nitrogen and oxygen atoms in total. The normalized spacial score (nSPS) is 15.0. The molecule has 0 radical (unpaired) electrons. The summed E-state index contributed by atoms with van der Waals surface area (Å²) in [7, 11) is 0. The van der Waals surface area contributed by atoms with E-state index in [0.717, 1.165) is 36.0 Å². The molecule has 0 spiro atoms. The SMILES string of the molecule is CCOC(=O)C1=C(C)N=c2s/c(=C/c3cc(Br)c(OCc4cccc(C)c4)c(I)c3)c(=O)n2[C@H]1c1ccc(C)cc1. The number of carbonyl (C=O) groups excluding carboxylic acids is 1. The molecule has 5 rings (SSSR count). The fraction of sp³-hybridized carbons (Fsp3) is 0.219. The number of allylic oxidation sites excluding steroid dienone is 1. The quantitative estimate of drug-likeness (QED) is 0.163. The lowest BCUT2D eigenvalue weighted by molar-refractivity contribution is -0.139. The lowest BCUT2D eigenvalue weighted by Crippen LogP contribution is -2.39. The third kappa shape index (κ3) is 6.27. The summed E-state index contributed by atoms with van der Waals surface area (Å²) in [5, 5.41) is 0. The Hall–Kier alpha value is -3.02. The maximum atomic E-state index is 13.9. The number of rotatable bonds is 7. The molecule has 3 aromatic carbocycles. The number of nitrogens with zero attached hydrogens (tertiary/aromatic N) is 2. The summed E-state index contributed by atoms with van der Waals surface area (Å²) >= 11 is 7.22. The van der Waals surface area contributed by atoms with Crippen molar-refractivity contribution in [1.82, 2.24) is 4.57 Å². The Labute approximate surface area is 264 Å². The van der Waals surface area contributed by atoms with Crippen LogP contribution in [0.5, 0.6) is 5.75 Å². The van der Waals surface area contributed by atoms with Gasteiger partial charge in [0.2, 0.25) is 0 Å². The van der Waals surface area contributed by atoms with E-state index in [0.29, 0.717) is 27.2 Å². The lowest BCUT2D eigenvalue weighted by atomic mass is 9.95. The van der Waals surface area contributed by atoms with Gasteiger partial charge >= 0.3 is 5.97 Å². The molecule has 1 aromatic heterocycles. The monoisotopic (exact) mass is 742 g/mol. The fourth-order valence-corrected chi connectivity index (χ4v) is 7.58. The second kappa shape index (κ2) is 12.5. The molecular weight excluding hydrogens is 715 g/mol. The van der Waals surface area contributed by atoms with E-state index < -0.39 is 12.0 Å². The topological polar surface area (TPSA) is 69.9 Å². The lowest BCUT2D eigenvalue weighted by Gasteiger charge is -2.24. The molecule has 1 atom stereocenters. The number of hydrogen-bond donors (Lipinski definition) is 0. The van der Waals surface area contributed by atoms with Crippen molar-refractivity contribution in [3.63, 3.8) is 0 Å². The molecule has 0 unspecified atom stereocenters. The van der Waals surface area contributed by atoms with E-state index in [1.807, 2.05) is 61.5 Å². The van der Waals surface area contributed by atoms with Crippen molar-refractivity contribution in [2.45, 2.75) is 40.3 Å². The summed E-state index contributed by atoms with van der Waals surface area (Å²) < 4.78 is 15.4. The van der Waals surface area contributed by atoms with Crippen LogP contribution in [0, 0.1) is 17.4 Å². The zero-order valence-electron chi connectivity index (χ0n) is 23.0. The Kier molecular flexibility index (Phi) is 8.96. The molecule has 0 aliphatic carbocycles. The van der Waals surface area contributed by atoms with Crippen molar-refractivity contribution >= 4 is 61.9 Å². The number of carbonyl (C=O) groups is 1. The van der Waals surface area contributed by atoms with Crippen LogP contribution in [0.1, 0.15) is 47.7 Å². The van der Waals surface area contributed by atoms with E-state index >= 15 is 0 Å². The zero-order chi connectivity index (χ0) is 29.3. The molecule has 0 saturated carbocycles. The molecule has 0 fully saturated rings. The third-order valence-corrected chi connectivity index (χ3v) is 9.07. The van der Waals surface area contributed by atoms with Gasteiger partial charge < -0.3 is 9.47 Å². The summed E-state index contributed by atoms with van der Waals surface area (Å²) in [5.74, 6) is 0.285. The summed E-state index contributed by atoms with van der Waals surface area (Å²) in [6.45, 7) is 8.31. The molecule has 210 valence electrons. The molecule has 41 heavy (non-hydrogen) atoms. The standard InChI is InChI=1S/C32H28BrIN2O4S/c1-5-39-31(38)27-20(4)35-32-36(28(27)23-11-9-18(2)10-12-23)30(37)26(41-32)16-22-14-24(33)29(25(34)15-22)40-17-21-8-6-7-19(3)13-21/h6-16,28H,5,17H2,1-4H3/b26-16+/t28-/m0/s1. The summed E-state index contributed by atoms with van der Waals surface area (Å²) in [4.78, 5) is 32.2. The molecule has 9 heteroatoms. The van der Waals surface area contributed by atoms with Gasteiger partial charge in [-0.05, 0) is 101 Å². The van der Waals surface area contributed by atoms with E-state index in [1.54, 1.807) is 18.4 Å². The maximum absolute atomic E-state index is 13.9. The van der Waals surface area contributed by atoms with Crippen LogP contribution in [-0.2, 0) is 16.1 Å². The van der Waals surface area contributed by atoms with E-state index in [4.69, 9.17) is 9.47 Å². The predicted octanol–water partition coefficient (Wildman–Crippen LogP) is 6.36. The molecule has 0 amide bonds. The molecule has 2 heterocycles. The second-order valence-electron chi connectivity index (χ2n) is 9.80. The van der Waals surface area contributed by atoms with Crippen LogP contribution >= 0.6 is 49.9 Å². The summed E-state index contributed by atoms with van der Waals surface area (Å²) in [6.07, 6.45) is 1.86. The number of aromatic nitrogens is 1. The van der Waals surface area contributed by atoms with E-state index in [1.165, 1.54) is 16.9 Å². The largest absolute Gasteiger partial charge is 0.487 e. The second-order valence-corrected chi connectivity index (χ2v) is 12.8. The first-order chi connectivity index (χ1) is 19.7. The third-order valence-electron chi connectivity index (χ3n) is 6.69. The highest BCUT2D eigenvalue weighted by Gasteiger charge is 2.33. The van der Waals surface area contributed by atoms with E-state index in [-0.39, 0.29) is 12.2 Å². The minimum atomic E-state index is -0.627. The van der Waals surface area contributed by atoms with Gasteiger partial charge in [-0.15, -0.1) is 0 Å². The van der Waals surface area contributed by atoms with Crippen molar-refractivity contribution in [2.75, 3.05) is 6.61 Å². The number of benzene rings is 3. The number of halogens is 2. The molecule has 0 N–H and O–H groups in total. The van der Waals surface area contributed by atoms with Crippen LogP contribution in [0.25, 0.3) is 6.08 Å². The van der Waals surface area contributed by atoms with Crippen molar-refractivity contribution in [3.8, 4) is 5.75 Å². The van der Waals surface area contributed by atoms with Crippen LogP contribution in [0.3, 0.4) is 0 Å². The first-order valence-corrected chi connectivity index (χ1v) is 15.8. The highest BCUT2D eigenvalue weighted by molar-refractivity contribution is 14.1. The Morgan fingerprint density at radius 1 is 1.10 bits per heavy atom. The number of ether oxygens (including phenoxy) is 2. The minimum absolute atomic E-state index is 0.209. The van der Waals surface area contributed by atoms with E-state index in [2.05, 4.69) is 62.6 Å². The van der Waals surface area contributed by atoms with Crippen molar-refractivity contribution < 1.29 is 14.3 Å². The van der Waals surface area contributed by atoms with Crippen LogP contribution in [0.4, 0.5) is 0 Å². The molecule has 0 saturated heterocycles. The molecular formula is C32H28BrIN2O4S. The smallest absolute Gasteiger partial charge is 0.338 e. The average molecular weight is 743 g/mol. The Bertz CT molecular complexity index is 1830. The van der Waals surface area contributed by atoms with Crippen LogP contribution in [-0.4, -0.2) is 17.1 Å². The van der Waals surface area contributed by atoms with Gasteiger partial charge in [0, 0.05) is 0 Å². The molecule has 1 aliphatic rings. The maximum Gasteiger partial charge on any atom is 0.338 e. The van der Waals surface area contributed by atoms with Gasteiger partial charge in [-0.2, -0.15) is 0 Å². The highest BCUT2D eigenvalue weighted by Crippen LogP contribution is 2.33. The van der Waals surface area contributed by atoms with Crippen LogP contribution in [0.2, 0.25) is 0 Å². The van der Waals surface area contributed by atoms with Crippen molar-refractivity contribution in [1.29, 1.82) is 0 Å². The number of fused-ring (bicyclic) bond motifs is 1. The van der Waals surface area contributed by atoms with Gasteiger partial charge in [0.25, 0.3) is 5.56 Å². The molecule has 1 aliphatic heterocycles. The Morgan fingerprint density at radius 2 is 1.85 bits per heavy atom. The van der Waals surface area contributed by atoms with Crippen molar-refractivity contribution in [3.05, 3.63) is 127 Å². The van der Waals surface area contributed by atoms with Crippen molar-refractivity contribution in [2.24, 2.45) is 4.99 Å². The molecule has 4 aromatic rings. The average Bonchev–Trinajstić information content (AvgIpc) is 3.22.